The number of carbonyl (C=O) groups excluding carboxylic acids is 1. The molecule has 0 bridgehead atoms. The lowest BCUT2D eigenvalue weighted by atomic mass is 10.2. The third kappa shape index (κ3) is 4.20. The molecule has 6 nitrogen and oxygen atoms in total. The average Bonchev–Trinajstić information content (AvgIpc) is 2.65. The number of aliphatic carboxylic acids is 1. The maximum atomic E-state index is 11.7. The summed E-state index contributed by atoms with van der Waals surface area (Å²) in [6, 6.07) is -1.54. The van der Waals surface area contributed by atoms with Gasteiger partial charge >= 0.3 is 12.0 Å². The van der Waals surface area contributed by atoms with Crippen LogP contribution in [0.5, 0.6) is 0 Å². The zero-order valence-electron chi connectivity index (χ0n) is 11.5. The number of aromatic nitrogens is 1. The van der Waals surface area contributed by atoms with Gasteiger partial charge in [0, 0.05) is 4.88 Å². The second kappa shape index (κ2) is 6.51. The van der Waals surface area contributed by atoms with E-state index in [1.54, 1.807) is 6.92 Å². The van der Waals surface area contributed by atoms with Crippen molar-refractivity contribution in [2.45, 2.75) is 46.2 Å². The highest BCUT2D eigenvalue weighted by molar-refractivity contribution is 7.11. The number of nitrogens with zero attached hydrogens (tertiary/aromatic N) is 1. The molecule has 7 heteroatoms. The Morgan fingerprint density at radius 2 is 2.00 bits per heavy atom. The van der Waals surface area contributed by atoms with Crippen molar-refractivity contribution in [3.8, 4) is 0 Å². The molecule has 1 aromatic rings. The standard InChI is InChI=1S/C12H19N3O3S/c1-5-9(11(16)17)15-12(18)14-7(3)10-6(2)13-8(4)19-10/h7,9H,5H2,1-4H3,(H,16,17)(H2,14,15,18)/t7?,9-/m0/s1. The van der Waals surface area contributed by atoms with Crippen molar-refractivity contribution in [1.82, 2.24) is 15.6 Å². The maximum absolute atomic E-state index is 11.7. The van der Waals surface area contributed by atoms with Crippen molar-refractivity contribution in [2.75, 3.05) is 0 Å². The number of rotatable bonds is 5. The number of carbonyl (C=O) groups is 2. The van der Waals surface area contributed by atoms with Crippen LogP contribution in [0.3, 0.4) is 0 Å². The minimum absolute atomic E-state index is 0.197. The van der Waals surface area contributed by atoms with Gasteiger partial charge in [-0.1, -0.05) is 6.92 Å². The number of carboxylic acid groups (broad SMARTS) is 1. The molecular formula is C12H19N3O3S. The molecule has 0 fully saturated rings. The van der Waals surface area contributed by atoms with Gasteiger partial charge in [0.1, 0.15) is 6.04 Å². The van der Waals surface area contributed by atoms with Crippen LogP contribution in [-0.2, 0) is 4.79 Å². The molecule has 1 unspecified atom stereocenters. The van der Waals surface area contributed by atoms with Crippen LogP contribution in [0, 0.1) is 13.8 Å². The zero-order chi connectivity index (χ0) is 14.6. The van der Waals surface area contributed by atoms with Gasteiger partial charge in [0.25, 0.3) is 0 Å². The van der Waals surface area contributed by atoms with Crippen LogP contribution >= 0.6 is 11.3 Å². The number of urea groups is 1. The first-order valence-electron chi connectivity index (χ1n) is 6.08. The Bertz CT molecular complexity index is 473. The van der Waals surface area contributed by atoms with E-state index in [0.717, 1.165) is 15.6 Å². The fourth-order valence-electron chi connectivity index (χ4n) is 1.75. The Morgan fingerprint density at radius 1 is 1.37 bits per heavy atom. The molecule has 1 aromatic heterocycles. The first kappa shape index (κ1) is 15.4. The van der Waals surface area contributed by atoms with Crippen LogP contribution in [0.25, 0.3) is 0 Å². The van der Waals surface area contributed by atoms with Gasteiger partial charge in [-0.3, -0.25) is 0 Å². The predicted molar refractivity (Wildman–Crippen MR) is 73.4 cm³/mol. The molecule has 19 heavy (non-hydrogen) atoms. The number of hydrogen-bond acceptors (Lipinski definition) is 4. The fourth-order valence-corrected chi connectivity index (χ4v) is 2.68. The Labute approximate surface area is 116 Å². The summed E-state index contributed by atoms with van der Waals surface area (Å²) < 4.78 is 0. The minimum Gasteiger partial charge on any atom is -0.480 e. The average molecular weight is 285 g/mol. The monoisotopic (exact) mass is 285 g/mol. The van der Waals surface area contributed by atoms with Crippen LogP contribution in [0.2, 0.25) is 0 Å². The van der Waals surface area contributed by atoms with E-state index in [2.05, 4.69) is 15.6 Å². The van der Waals surface area contributed by atoms with Gasteiger partial charge in [-0.2, -0.15) is 0 Å². The van der Waals surface area contributed by atoms with Crippen LogP contribution in [0.15, 0.2) is 0 Å². The van der Waals surface area contributed by atoms with Crippen molar-refractivity contribution in [3.05, 3.63) is 15.6 Å². The predicted octanol–water partition coefficient (Wildman–Crippen LogP) is 1.98. The molecule has 0 aliphatic rings. The smallest absolute Gasteiger partial charge is 0.326 e. The molecule has 0 spiro atoms. The second-order valence-corrected chi connectivity index (χ2v) is 5.56. The molecule has 1 rings (SSSR count). The molecule has 2 amide bonds. The first-order chi connectivity index (χ1) is 8.85. The Balaban J connectivity index is 2.62. The summed E-state index contributed by atoms with van der Waals surface area (Å²) >= 11 is 1.53. The number of carboxylic acids is 1. The quantitative estimate of drug-likeness (QED) is 0.771. The van der Waals surface area contributed by atoms with E-state index in [1.807, 2.05) is 20.8 Å². The fraction of sp³-hybridized carbons (Fsp3) is 0.583. The highest BCUT2D eigenvalue weighted by Gasteiger charge is 2.20. The molecular weight excluding hydrogens is 266 g/mol. The molecule has 0 aromatic carbocycles. The summed E-state index contributed by atoms with van der Waals surface area (Å²) in [5, 5.41) is 15.0. The van der Waals surface area contributed by atoms with Crippen LogP contribution in [-0.4, -0.2) is 28.1 Å². The van der Waals surface area contributed by atoms with Gasteiger partial charge in [0.2, 0.25) is 0 Å². The van der Waals surface area contributed by atoms with Crippen LogP contribution in [0.4, 0.5) is 4.79 Å². The van der Waals surface area contributed by atoms with Gasteiger partial charge in [-0.15, -0.1) is 11.3 Å². The van der Waals surface area contributed by atoms with Crippen LogP contribution < -0.4 is 10.6 Å². The Morgan fingerprint density at radius 3 is 2.42 bits per heavy atom. The first-order valence-corrected chi connectivity index (χ1v) is 6.90. The van der Waals surface area contributed by atoms with Gasteiger partial charge in [-0.05, 0) is 27.2 Å². The van der Waals surface area contributed by atoms with E-state index < -0.39 is 18.0 Å². The number of aryl methyl sites for hydroxylation is 2. The summed E-state index contributed by atoms with van der Waals surface area (Å²) in [6.45, 7) is 7.35. The largest absolute Gasteiger partial charge is 0.480 e. The molecule has 0 saturated heterocycles. The van der Waals surface area contributed by atoms with Crippen molar-refractivity contribution >= 4 is 23.3 Å². The maximum Gasteiger partial charge on any atom is 0.326 e. The molecule has 0 saturated carbocycles. The van der Waals surface area contributed by atoms with Gasteiger partial charge in [-0.25, -0.2) is 14.6 Å². The number of thiazole rings is 1. The molecule has 0 radical (unpaired) electrons. The number of nitrogens with one attached hydrogen (secondary N) is 2. The molecule has 0 aliphatic heterocycles. The van der Waals surface area contributed by atoms with E-state index >= 15 is 0 Å². The van der Waals surface area contributed by atoms with Crippen molar-refractivity contribution in [1.29, 1.82) is 0 Å². The van der Waals surface area contributed by atoms with E-state index in [-0.39, 0.29) is 6.04 Å². The normalized spacial score (nSPS) is 13.7. The van der Waals surface area contributed by atoms with E-state index in [9.17, 15) is 9.59 Å². The van der Waals surface area contributed by atoms with E-state index in [1.165, 1.54) is 11.3 Å². The molecule has 2 atom stereocenters. The summed E-state index contributed by atoms with van der Waals surface area (Å²) in [5.74, 6) is -1.03. The molecule has 106 valence electrons. The van der Waals surface area contributed by atoms with Crippen LogP contribution in [0.1, 0.15) is 41.9 Å². The van der Waals surface area contributed by atoms with Gasteiger partial charge in [0.15, 0.2) is 0 Å². The second-order valence-electron chi connectivity index (χ2n) is 4.32. The third-order valence-electron chi connectivity index (χ3n) is 2.69. The van der Waals surface area contributed by atoms with E-state index in [0.29, 0.717) is 6.42 Å². The highest BCUT2D eigenvalue weighted by atomic mass is 32.1. The summed E-state index contributed by atoms with van der Waals surface area (Å²) in [7, 11) is 0. The van der Waals surface area contributed by atoms with Crippen molar-refractivity contribution in [2.24, 2.45) is 0 Å². The SMILES string of the molecule is CC[C@H](NC(=O)NC(C)c1sc(C)nc1C)C(=O)O. The highest BCUT2D eigenvalue weighted by Crippen LogP contribution is 2.24. The Hall–Kier alpha value is -1.63. The minimum atomic E-state index is -1.03. The molecule has 3 N–H and O–H groups in total. The zero-order valence-corrected chi connectivity index (χ0v) is 12.3. The lowest BCUT2D eigenvalue weighted by molar-refractivity contribution is -0.139. The van der Waals surface area contributed by atoms with Crippen molar-refractivity contribution < 1.29 is 14.7 Å². The third-order valence-corrected chi connectivity index (χ3v) is 3.95. The topological polar surface area (TPSA) is 91.3 Å². The number of amides is 2. The summed E-state index contributed by atoms with van der Waals surface area (Å²) in [5.41, 5.74) is 0.889. The molecule has 0 aliphatic carbocycles. The number of hydrogen-bond donors (Lipinski definition) is 3. The van der Waals surface area contributed by atoms with E-state index in [4.69, 9.17) is 5.11 Å². The van der Waals surface area contributed by atoms with Gasteiger partial charge < -0.3 is 15.7 Å². The van der Waals surface area contributed by atoms with Gasteiger partial charge in [0.05, 0.1) is 16.7 Å². The lowest BCUT2D eigenvalue weighted by Crippen LogP contribution is -2.46. The molecule has 1 heterocycles. The Kier molecular flexibility index (Phi) is 5.29. The summed E-state index contributed by atoms with van der Waals surface area (Å²) in [4.78, 5) is 27.8. The van der Waals surface area contributed by atoms with Crippen molar-refractivity contribution in [3.63, 3.8) is 0 Å². The lowest BCUT2D eigenvalue weighted by Gasteiger charge is -2.17. The summed E-state index contributed by atoms with van der Waals surface area (Å²) in [6.07, 6.45) is 0.343.